The molecule has 0 saturated carbocycles. The lowest BCUT2D eigenvalue weighted by Gasteiger charge is -2.09. The number of hydrogen-bond acceptors (Lipinski definition) is 3. The van der Waals surface area contributed by atoms with Crippen molar-refractivity contribution in [2.75, 3.05) is 11.1 Å². The van der Waals surface area contributed by atoms with Crippen molar-refractivity contribution >= 4 is 17.3 Å². The normalized spacial score (nSPS) is 10.6. The largest absolute Gasteiger partial charge is 0.398 e. The van der Waals surface area contributed by atoms with E-state index < -0.39 is 0 Å². The van der Waals surface area contributed by atoms with E-state index in [-0.39, 0.29) is 5.91 Å². The zero-order valence-corrected chi connectivity index (χ0v) is 12.3. The van der Waals surface area contributed by atoms with E-state index in [0.717, 1.165) is 23.4 Å². The second-order valence-electron chi connectivity index (χ2n) is 4.89. The molecule has 0 saturated heterocycles. The topological polar surface area (TPSA) is 72.9 Å². The highest BCUT2D eigenvalue weighted by molar-refractivity contribution is 6.06. The highest BCUT2D eigenvalue weighted by Crippen LogP contribution is 2.20. The molecule has 0 fully saturated rings. The summed E-state index contributed by atoms with van der Waals surface area (Å²) in [6, 6.07) is 5.60. The number of benzene rings is 1. The summed E-state index contributed by atoms with van der Waals surface area (Å²) in [5.74, 6) is -0.156. The molecule has 0 spiro atoms. The lowest BCUT2D eigenvalue weighted by atomic mass is 10.1. The molecule has 2 aromatic rings. The molecule has 106 valence electrons. The highest BCUT2D eigenvalue weighted by atomic mass is 16.1. The number of nitrogen functional groups attached to an aromatic ring is 1. The molecule has 0 aliphatic heterocycles. The first kappa shape index (κ1) is 14.1. The van der Waals surface area contributed by atoms with Crippen LogP contribution in [0.15, 0.2) is 18.2 Å². The zero-order valence-electron chi connectivity index (χ0n) is 12.3. The third kappa shape index (κ3) is 2.52. The van der Waals surface area contributed by atoms with Gasteiger partial charge in [0.1, 0.15) is 0 Å². The summed E-state index contributed by atoms with van der Waals surface area (Å²) < 4.78 is 1.71. The summed E-state index contributed by atoms with van der Waals surface area (Å²) in [5.41, 5.74) is 10.6. The van der Waals surface area contributed by atoms with Gasteiger partial charge in [0.05, 0.1) is 11.3 Å². The second kappa shape index (κ2) is 5.36. The van der Waals surface area contributed by atoms with Crippen LogP contribution < -0.4 is 11.1 Å². The Morgan fingerprint density at radius 2 is 2.10 bits per heavy atom. The van der Waals surface area contributed by atoms with Crippen LogP contribution in [-0.2, 0) is 13.5 Å². The maximum Gasteiger partial charge on any atom is 0.259 e. The van der Waals surface area contributed by atoms with Crippen LogP contribution in [0.4, 0.5) is 11.4 Å². The zero-order chi connectivity index (χ0) is 14.9. The number of nitrogens with two attached hydrogens (primary N) is 1. The molecule has 0 aliphatic rings. The fraction of sp³-hybridized carbons (Fsp3) is 0.333. The predicted octanol–water partition coefficient (Wildman–Crippen LogP) is 2.43. The van der Waals surface area contributed by atoms with E-state index in [0.29, 0.717) is 16.9 Å². The molecule has 1 aromatic carbocycles. The van der Waals surface area contributed by atoms with Crippen LogP contribution in [0.3, 0.4) is 0 Å². The van der Waals surface area contributed by atoms with Gasteiger partial charge < -0.3 is 11.1 Å². The second-order valence-corrected chi connectivity index (χ2v) is 4.89. The number of aromatic nitrogens is 2. The minimum Gasteiger partial charge on any atom is -0.398 e. The quantitative estimate of drug-likeness (QED) is 0.843. The summed E-state index contributed by atoms with van der Waals surface area (Å²) in [4.78, 5) is 12.3. The van der Waals surface area contributed by atoms with Gasteiger partial charge in [-0.2, -0.15) is 5.10 Å². The summed E-state index contributed by atoms with van der Waals surface area (Å²) in [6.07, 6.45) is 0.876. The van der Waals surface area contributed by atoms with Crippen molar-refractivity contribution in [2.45, 2.75) is 27.2 Å². The minimum atomic E-state index is -0.156. The molecule has 3 N–H and O–H groups in total. The molecule has 0 atom stereocenters. The van der Waals surface area contributed by atoms with Crippen molar-refractivity contribution in [3.63, 3.8) is 0 Å². The Labute approximate surface area is 118 Å². The molecule has 0 aliphatic carbocycles. The number of hydrogen-bond donors (Lipinski definition) is 2. The monoisotopic (exact) mass is 272 g/mol. The third-order valence-electron chi connectivity index (χ3n) is 3.52. The summed E-state index contributed by atoms with van der Waals surface area (Å²) in [6.45, 7) is 5.76. The molecule has 5 heteroatoms. The van der Waals surface area contributed by atoms with Crippen LogP contribution in [0, 0.1) is 13.8 Å². The number of carbonyl (C=O) groups is 1. The number of nitrogens with one attached hydrogen (secondary N) is 1. The van der Waals surface area contributed by atoms with Crippen molar-refractivity contribution < 1.29 is 4.79 Å². The first-order chi connectivity index (χ1) is 9.43. The molecule has 0 unspecified atom stereocenters. The van der Waals surface area contributed by atoms with Crippen molar-refractivity contribution in [3.05, 3.63) is 40.7 Å². The maximum atomic E-state index is 12.3. The Hall–Kier alpha value is -2.30. The van der Waals surface area contributed by atoms with Crippen LogP contribution >= 0.6 is 0 Å². The van der Waals surface area contributed by atoms with Gasteiger partial charge in [-0.3, -0.25) is 9.48 Å². The number of nitrogens with zero attached hydrogens (tertiary/aromatic N) is 2. The van der Waals surface area contributed by atoms with E-state index in [1.54, 1.807) is 10.7 Å². The molecule has 1 heterocycles. The molecular weight excluding hydrogens is 252 g/mol. The SMILES string of the molecule is CCc1ccc(NC(=O)c2c(C)nn(C)c2C)cc1N. The Kier molecular flexibility index (Phi) is 3.79. The van der Waals surface area contributed by atoms with Gasteiger partial charge in [-0.1, -0.05) is 13.0 Å². The van der Waals surface area contributed by atoms with Gasteiger partial charge in [-0.25, -0.2) is 0 Å². The summed E-state index contributed by atoms with van der Waals surface area (Å²) in [5, 5.41) is 7.12. The summed E-state index contributed by atoms with van der Waals surface area (Å²) in [7, 11) is 1.83. The van der Waals surface area contributed by atoms with Crippen molar-refractivity contribution in [3.8, 4) is 0 Å². The summed E-state index contributed by atoms with van der Waals surface area (Å²) >= 11 is 0. The molecule has 20 heavy (non-hydrogen) atoms. The van der Waals surface area contributed by atoms with Gasteiger partial charge in [0, 0.05) is 24.1 Å². The average Bonchev–Trinajstić information content (AvgIpc) is 2.63. The van der Waals surface area contributed by atoms with Gasteiger partial charge >= 0.3 is 0 Å². The highest BCUT2D eigenvalue weighted by Gasteiger charge is 2.17. The number of amides is 1. The Balaban J connectivity index is 2.26. The van der Waals surface area contributed by atoms with E-state index in [1.807, 2.05) is 40.0 Å². The average molecular weight is 272 g/mol. The van der Waals surface area contributed by atoms with Gasteiger partial charge in [-0.05, 0) is 38.0 Å². The standard InChI is InChI=1S/C15H20N4O/c1-5-11-6-7-12(8-13(11)16)17-15(20)14-9(2)18-19(4)10(14)3/h6-8H,5,16H2,1-4H3,(H,17,20). The van der Waals surface area contributed by atoms with E-state index in [2.05, 4.69) is 10.4 Å². The predicted molar refractivity (Wildman–Crippen MR) is 80.9 cm³/mol. The van der Waals surface area contributed by atoms with Crippen LogP contribution in [-0.4, -0.2) is 15.7 Å². The molecular formula is C15H20N4O. The molecule has 1 aromatic heterocycles. The Morgan fingerprint density at radius 3 is 2.60 bits per heavy atom. The lowest BCUT2D eigenvalue weighted by Crippen LogP contribution is -2.14. The molecule has 1 amide bonds. The van der Waals surface area contributed by atoms with Crippen LogP contribution in [0.2, 0.25) is 0 Å². The number of rotatable bonds is 3. The van der Waals surface area contributed by atoms with Crippen LogP contribution in [0.25, 0.3) is 0 Å². The number of aryl methyl sites for hydroxylation is 3. The van der Waals surface area contributed by atoms with Crippen molar-refractivity contribution in [1.82, 2.24) is 9.78 Å². The fourth-order valence-electron chi connectivity index (χ4n) is 2.29. The first-order valence-corrected chi connectivity index (χ1v) is 6.64. The Morgan fingerprint density at radius 1 is 1.40 bits per heavy atom. The fourth-order valence-corrected chi connectivity index (χ4v) is 2.29. The minimum absolute atomic E-state index is 0.156. The number of anilines is 2. The smallest absolute Gasteiger partial charge is 0.259 e. The van der Waals surface area contributed by atoms with Crippen LogP contribution in [0.5, 0.6) is 0 Å². The number of carbonyl (C=O) groups excluding carboxylic acids is 1. The third-order valence-corrected chi connectivity index (χ3v) is 3.52. The van der Waals surface area contributed by atoms with E-state index >= 15 is 0 Å². The van der Waals surface area contributed by atoms with Gasteiger partial charge in [-0.15, -0.1) is 0 Å². The van der Waals surface area contributed by atoms with Gasteiger partial charge in [0.25, 0.3) is 5.91 Å². The van der Waals surface area contributed by atoms with E-state index in [1.165, 1.54) is 0 Å². The lowest BCUT2D eigenvalue weighted by molar-refractivity contribution is 0.102. The molecule has 5 nitrogen and oxygen atoms in total. The molecule has 0 radical (unpaired) electrons. The van der Waals surface area contributed by atoms with Crippen LogP contribution in [0.1, 0.15) is 34.2 Å². The first-order valence-electron chi connectivity index (χ1n) is 6.64. The van der Waals surface area contributed by atoms with Gasteiger partial charge in [0.15, 0.2) is 0 Å². The molecule has 0 bridgehead atoms. The van der Waals surface area contributed by atoms with E-state index in [4.69, 9.17) is 5.73 Å². The Bertz CT molecular complexity index is 658. The maximum absolute atomic E-state index is 12.3. The molecule has 2 rings (SSSR count). The van der Waals surface area contributed by atoms with Crippen molar-refractivity contribution in [1.29, 1.82) is 0 Å². The van der Waals surface area contributed by atoms with Crippen molar-refractivity contribution in [2.24, 2.45) is 7.05 Å². The van der Waals surface area contributed by atoms with Gasteiger partial charge in [0.2, 0.25) is 0 Å². The van der Waals surface area contributed by atoms with E-state index in [9.17, 15) is 4.79 Å².